The Bertz CT molecular complexity index is 2420. The maximum absolute atomic E-state index is 2.64. The molecule has 1 nitrogen and oxygen atoms in total. The molecule has 51 heavy (non-hydrogen) atoms. The van der Waals surface area contributed by atoms with Gasteiger partial charge in [0.15, 0.2) is 0 Å². The molecule has 0 radical (unpaired) electrons. The van der Waals surface area contributed by atoms with Crippen molar-refractivity contribution in [2.75, 3.05) is 4.90 Å². The van der Waals surface area contributed by atoms with Gasteiger partial charge in [-0.15, -0.1) is 0 Å². The molecule has 0 unspecified atom stereocenters. The Morgan fingerprint density at radius 3 is 1.63 bits per heavy atom. The third kappa shape index (κ3) is 4.53. The van der Waals surface area contributed by atoms with Crippen LogP contribution < -0.4 is 4.90 Å². The Hall–Kier alpha value is -5.40. The first-order valence-electron chi connectivity index (χ1n) is 18.4. The van der Waals surface area contributed by atoms with Gasteiger partial charge < -0.3 is 4.90 Å². The molecule has 0 aliphatic heterocycles. The van der Waals surface area contributed by atoms with Crippen LogP contribution in [0.4, 0.5) is 17.1 Å². The van der Waals surface area contributed by atoms with Crippen molar-refractivity contribution < 1.29 is 0 Å². The number of hydrogen-bond donors (Lipinski definition) is 0. The Morgan fingerprint density at radius 1 is 0.490 bits per heavy atom. The van der Waals surface area contributed by atoms with Gasteiger partial charge in [-0.3, -0.25) is 0 Å². The van der Waals surface area contributed by atoms with Gasteiger partial charge in [0.1, 0.15) is 0 Å². The largest absolute Gasteiger partial charge is 0.309 e. The molecular weight excluding hydrogens is 615 g/mol. The standard InChI is InChI=1S/C50H45N/c1-48(2,3)44-42-37-26-13-15-28-39(37)49(4,5)45(42)47(46-43(44)38-27-14-16-29-40(38)50(46,6)7)51(41-30-18-22-33-21-11-12-25-36(33)41)35-24-17-23-34(31-35)32-19-9-8-10-20-32/h8-31H,1-7H3. The molecule has 0 heterocycles. The van der Waals surface area contributed by atoms with Crippen LogP contribution in [0.2, 0.25) is 0 Å². The van der Waals surface area contributed by atoms with E-state index in [-0.39, 0.29) is 16.2 Å². The first kappa shape index (κ1) is 31.6. The molecule has 1 heteroatoms. The minimum atomic E-state index is -0.249. The van der Waals surface area contributed by atoms with Gasteiger partial charge in [0.2, 0.25) is 0 Å². The van der Waals surface area contributed by atoms with E-state index in [0.29, 0.717) is 0 Å². The van der Waals surface area contributed by atoms with Crippen LogP contribution in [0, 0.1) is 0 Å². The topological polar surface area (TPSA) is 3.24 Å². The smallest absolute Gasteiger partial charge is 0.0556 e. The van der Waals surface area contributed by atoms with Crippen LogP contribution in [0.15, 0.2) is 146 Å². The minimum Gasteiger partial charge on any atom is -0.309 e. The number of benzene rings is 7. The molecule has 2 aliphatic rings. The summed E-state index contributed by atoms with van der Waals surface area (Å²) >= 11 is 0. The fourth-order valence-electron chi connectivity index (χ4n) is 9.47. The fourth-order valence-corrected chi connectivity index (χ4v) is 9.47. The molecule has 0 spiro atoms. The van der Waals surface area contributed by atoms with Crippen LogP contribution in [-0.4, -0.2) is 0 Å². The lowest BCUT2D eigenvalue weighted by Gasteiger charge is -2.39. The van der Waals surface area contributed by atoms with Gasteiger partial charge in [0, 0.05) is 21.9 Å². The molecule has 7 aromatic carbocycles. The molecule has 0 saturated heterocycles. The van der Waals surface area contributed by atoms with Gasteiger partial charge >= 0.3 is 0 Å². The van der Waals surface area contributed by atoms with Gasteiger partial charge in [-0.25, -0.2) is 0 Å². The van der Waals surface area contributed by atoms with Crippen LogP contribution >= 0.6 is 0 Å². The maximum atomic E-state index is 2.64. The van der Waals surface area contributed by atoms with E-state index in [1.807, 2.05) is 0 Å². The number of nitrogens with zero attached hydrogens (tertiary/aromatic N) is 1. The molecule has 0 saturated carbocycles. The first-order valence-corrected chi connectivity index (χ1v) is 18.4. The van der Waals surface area contributed by atoms with E-state index < -0.39 is 0 Å². The van der Waals surface area contributed by atoms with E-state index in [1.165, 1.54) is 89.0 Å². The lowest BCUT2D eigenvalue weighted by Crippen LogP contribution is -2.28. The zero-order valence-corrected chi connectivity index (χ0v) is 30.8. The maximum Gasteiger partial charge on any atom is 0.0556 e. The minimum absolute atomic E-state index is 0.106. The van der Waals surface area contributed by atoms with E-state index in [0.717, 1.165) is 0 Å². The summed E-state index contributed by atoms with van der Waals surface area (Å²) in [6.45, 7) is 17.1. The zero-order valence-electron chi connectivity index (χ0n) is 30.8. The van der Waals surface area contributed by atoms with Crippen molar-refractivity contribution in [2.24, 2.45) is 0 Å². The molecular formula is C50H45N. The number of rotatable bonds is 4. The highest BCUT2D eigenvalue weighted by Crippen LogP contribution is 2.65. The van der Waals surface area contributed by atoms with Gasteiger partial charge in [0.25, 0.3) is 0 Å². The summed E-state index contributed by atoms with van der Waals surface area (Å²) in [6.07, 6.45) is 0. The van der Waals surface area contributed by atoms with Crippen LogP contribution in [0.5, 0.6) is 0 Å². The van der Waals surface area contributed by atoms with Crippen molar-refractivity contribution in [3.63, 3.8) is 0 Å². The normalized spacial score (nSPS) is 14.9. The first-order chi connectivity index (χ1) is 24.5. The Kier molecular flexibility index (Phi) is 6.84. The second kappa shape index (κ2) is 11.0. The summed E-state index contributed by atoms with van der Waals surface area (Å²) in [7, 11) is 0. The predicted molar refractivity (Wildman–Crippen MR) is 218 cm³/mol. The quantitative estimate of drug-likeness (QED) is 0.182. The second-order valence-electron chi connectivity index (χ2n) is 16.6. The van der Waals surface area contributed by atoms with E-state index in [1.54, 1.807) is 0 Å². The summed E-state index contributed by atoms with van der Waals surface area (Å²) in [6, 6.07) is 54.1. The van der Waals surface area contributed by atoms with Crippen LogP contribution in [0.1, 0.15) is 76.3 Å². The monoisotopic (exact) mass is 659 g/mol. The van der Waals surface area contributed by atoms with Crippen LogP contribution in [-0.2, 0) is 16.2 Å². The lowest BCUT2D eigenvalue weighted by molar-refractivity contribution is 0.587. The molecule has 0 fully saturated rings. The van der Waals surface area contributed by atoms with E-state index in [4.69, 9.17) is 0 Å². The Labute approximate surface area is 303 Å². The van der Waals surface area contributed by atoms with Gasteiger partial charge in [-0.05, 0) is 90.2 Å². The number of anilines is 3. The van der Waals surface area contributed by atoms with Crippen molar-refractivity contribution in [3.8, 4) is 33.4 Å². The summed E-state index contributed by atoms with van der Waals surface area (Å²) in [4.78, 5) is 2.64. The molecule has 9 rings (SSSR count). The summed E-state index contributed by atoms with van der Waals surface area (Å²) in [5.41, 5.74) is 18.2. The second-order valence-corrected chi connectivity index (χ2v) is 16.6. The lowest BCUT2D eigenvalue weighted by atomic mass is 9.70. The number of hydrogen-bond acceptors (Lipinski definition) is 1. The van der Waals surface area contributed by atoms with Crippen molar-refractivity contribution in [1.29, 1.82) is 0 Å². The zero-order chi connectivity index (χ0) is 35.3. The highest BCUT2D eigenvalue weighted by Gasteiger charge is 2.50. The highest BCUT2D eigenvalue weighted by molar-refractivity contribution is 6.06. The summed E-state index contributed by atoms with van der Waals surface area (Å²) < 4.78 is 0. The fraction of sp³-hybridized carbons (Fsp3) is 0.200. The average Bonchev–Trinajstić information content (AvgIpc) is 3.52. The third-order valence-electron chi connectivity index (χ3n) is 11.7. The van der Waals surface area contributed by atoms with E-state index in [9.17, 15) is 0 Å². The van der Waals surface area contributed by atoms with Crippen molar-refractivity contribution in [2.45, 2.75) is 64.7 Å². The molecule has 250 valence electrons. The number of fused-ring (bicyclic) bond motifs is 7. The molecule has 0 aromatic heterocycles. The Balaban J connectivity index is 1.52. The highest BCUT2D eigenvalue weighted by atomic mass is 15.2. The summed E-state index contributed by atoms with van der Waals surface area (Å²) in [5.74, 6) is 0. The van der Waals surface area contributed by atoms with Crippen molar-refractivity contribution in [1.82, 2.24) is 0 Å². The van der Waals surface area contributed by atoms with Crippen molar-refractivity contribution >= 4 is 27.8 Å². The van der Waals surface area contributed by atoms with E-state index in [2.05, 4.69) is 199 Å². The van der Waals surface area contributed by atoms with Crippen LogP contribution in [0.3, 0.4) is 0 Å². The molecule has 0 atom stereocenters. The van der Waals surface area contributed by atoms with Gasteiger partial charge in [-0.1, -0.05) is 176 Å². The molecule has 0 amide bonds. The van der Waals surface area contributed by atoms with Crippen molar-refractivity contribution in [3.05, 3.63) is 173 Å². The molecule has 2 aliphatic carbocycles. The Morgan fingerprint density at radius 2 is 1.00 bits per heavy atom. The molecule has 0 bridgehead atoms. The third-order valence-corrected chi connectivity index (χ3v) is 11.7. The molecule has 7 aromatic rings. The summed E-state index contributed by atoms with van der Waals surface area (Å²) in [5, 5.41) is 2.48. The van der Waals surface area contributed by atoms with Gasteiger partial charge in [-0.2, -0.15) is 0 Å². The predicted octanol–water partition coefficient (Wildman–Crippen LogP) is 13.9. The van der Waals surface area contributed by atoms with Crippen LogP contribution in [0.25, 0.3) is 44.2 Å². The van der Waals surface area contributed by atoms with E-state index >= 15 is 0 Å². The SMILES string of the molecule is CC(C)(C)c1c2c(c(N(c3cccc(-c4ccccc4)c3)c3cccc4ccccc34)c3c1-c1ccccc1C3(C)C)C(C)(C)c1ccccc1-2. The van der Waals surface area contributed by atoms with Gasteiger partial charge in [0.05, 0.1) is 11.4 Å². The average molecular weight is 660 g/mol. The molecule has 0 N–H and O–H groups in total.